The van der Waals surface area contributed by atoms with Crippen LogP contribution in [0, 0.1) is 0 Å². The number of anilines is 1. The van der Waals surface area contributed by atoms with Crippen LogP contribution in [0.2, 0.25) is 5.02 Å². The molecule has 2 rings (SSSR count). The molecule has 0 saturated carbocycles. The van der Waals surface area contributed by atoms with Gasteiger partial charge in [0.25, 0.3) is 5.91 Å². The zero-order valence-electron chi connectivity index (χ0n) is 16.6. The Morgan fingerprint density at radius 1 is 1.07 bits per heavy atom. The molecular weight excluding hydrogens is 416 g/mol. The highest BCUT2D eigenvalue weighted by Gasteiger charge is 2.24. The fraction of sp³-hybridized carbons (Fsp3) is 0.300. The van der Waals surface area contributed by atoms with Gasteiger partial charge in [-0.25, -0.2) is 17.5 Å². The van der Waals surface area contributed by atoms with E-state index in [1.165, 1.54) is 31.1 Å². The van der Waals surface area contributed by atoms with Crippen LogP contribution in [0.4, 0.5) is 5.69 Å². The SMILES string of the molecule is CC(C)N(C(=O)COC(=O)c1ccc(Cl)c(S(=O)(=O)N(C)C)c1)c1ccccc1. The predicted molar refractivity (Wildman–Crippen MR) is 112 cm³/mol. The quantitative estimate of drug-likeness (QED) is 0.620. The first-order valence-corrected chi connectivity index (χ1v) is 10.6. The number of esters is 1. The molecule has 156 valence electrons. The number of ether oxygens (including phenoxy) is 1. The van der Waals surface area contributed by atoms with Gasteiger partial charge in [0.05, 0.1) is 10.6 Å². The van der Waals surface area contributed by atoms with E-state index in [1.807, 2.05) is 32.0 Å². The van der Waals surface area contributed by atoms with E-state index in [2.05, 4.69) is 0 Å². The zero-order chi connectivity index (χ0) is 21.8. The molecule has 2 aromatic rings. The van der Waals surface area contributed by atoms with Crippen molar-refractivity contribution in [1.29, 1.82) is 0 Å². The normalized spacial score (nSPS) is 11.6. The molecule has 9 heteroatoms. The first-order chi connectivity index (χ1) is 13.6. The van der Waals surface area contributed by atoms with Gasteiger partial charge < -0.3 is 9.64 Å². The maximum Gasteiger partial charge on any atom is 0.338 e. The van der Waals surface area contributed by atoms with Crippen molar-refractivity contribution in [3.63, 3.8) is 0 Å². The van der Waals surface area contributed by atoms with Crippen LogP contribution in [0.5, 0.6) is 0 Å². The summed E-state index contributed by atoms with van der Waals surface area (Å²) in [6, 6.07) is 12.7. The molecule has 0 aromatic heterocycles. The number of amides is 1. The molecule has 0 spiro atoms. The molecule has 7 nitrogen and oxygen atoms in total. The smallest absolute Gasteiger partial charge is 0.338 e. The number of para-hydroxylation sites is 1. The van der Waals surface area contributed by atoms with Crippen molar-refractivity contribution in [2.75, 3.05) is 25.6 Å². The number of rotatable bonds is 7. The van der Waals surface area contributed by atoms with Crippen LogP contribution in [0.3, 0.4) is 0 Å². The lowest BCUT2D eigenvalue weighted by Gasteiger charge is -2.26. The third-order valence-corrected chi connectivity index (χ3v) is 6.37. The predicted octanol–water partition coefficient (Wildman–Crippen LogP) is 3.19. The van der Waals surface area contributed by atoms with Crippen LogP contribution in [-0.2, 0) is 19.6 Å². The van der Waals surface area contributed by atoms with Crippen molar-refractivity contribution < 1.29 is 22.7 Å². The molecule has 0 aliphatic carbocycles. The van der Waals surface area contributed by atoms with Crippen molar-refractivity contribution in [1.82, 2.24) is 4.31 Å². The molecule has 0 fully saturated rings. The van der Waals surface area contributed by atoms with Gasteiger partial charge in [-0.3, -0.25) is 4.79 Å². The topological polar surface area (TPSA) is 84.0 Å². The molecule has 0 aliphatic rings. The number of carbonyl (C=O) groups excluding carboxylic acids is 2. The molecule has 0 saturated heterocycles. The zero-order valence-corrected chi connectivity index (χ0v) is 18.2. The molecule has 0 bridgehead atoms. The second-order valence-electron chi connectivity index (χ2n) is 6.70. The molecule has 1 amide bonds. The average Bonchev–Trinajstić information content (AvgIpc) is 2.66. The van der Waals surface area contributed by atoms with Crippen molar-refractivity contribution >= 4 is 39.2 Å². The molecule has 2 aromatic carbocycles. The van der Waals surface area contributed by atoms with Crippen LogP contribution in [0.15, 0.2) is 53.4 Å². The first-order valence-electron chi connectivity index (χ1n) is 8.82. The Bertz CT molecular complexity index is 991. The number of halogens is 1. The highest BCUT2D eigenvalue weighted by atomic mass is 35.5. The number of hydrogen-bond donors (Lipinski definition) is 0. The molecule has 29 heavy (non-hydrogen) atoms. The monoisotopic (exact) mass is 438 g/mol. The highest BCUT2D eigenvalue weighted by Crippen LogP contribution is 2.25. The fourth-order valence-corrected chi connectivity index (χ4v) is 4.02. The lowest BCUT2D eigenvalue weighted by atomic mass is 10.2. The Balaban J connectivity index is 2.18. The van der Waals surface area contributed by atoms with Crippen molar-refractivity contribution in [3.8, 4) is 0 Å². The number of carbonyl (C=O) groups is 2. The molecule has 0 N–H and O–H groups in total. The summed E-state index contributed by atoms with van der Waals surface area (Å²) < 4.78 is 30.8. The second-order valence-corrected chi connectivity index (χ2v) is 9.23. The third kappa shape index (κ3) is 5.35. The maximum atomic E-state index is 12.6. The van der Waals surface area contributed by atoms with Crippen molar-refractivity contribution in [2.24, 2.45) is 0 Å². The van der Waals surface area contributed by atoms with E-state index in [4.69, 9.17) is 16.3 Å². The number of benzene rings is 2. The Labute approximate surface area is 175 Å². The second kappa shape index (κ2) is 9.39. The van der Waals surface area contributed by atoms with Gasteiger partial charge in [-0.15, -0.1) is 0 Å². The Hall–Kier alpha value is -2.42. The molecule has 0 aliphatic heterocycles. The average molecular weight is 439 g/mol. The Morgan fingerprint density at radius 3 is 2.24 bits per heavy atom. The third-order valence-electron chi connectivity index (χ3n) is 4.07. The largest absolute Gasteiger partial charge is 0.452 e. The van der Waals surface area contributed by atoms with Crippen LogP contribution < -0.4 is 4.90 Å². The Kier molecular flexibility index (Phi) is 7.40. The van der Waals surface area contributed by atoms with E-state index in [9.17, 15) is 18.0 Å². The summed E-state index contributed by atoms with van der Waals surface area (Å²) in [5.41, 5.74) is 0.674. The Morgan fingerprint density at radius 2 is 1.69 bits per heavy atom. The minimum Gasteiger partial charge on any atom is -0.452 e. The van der Waals surface area contributed by atoms with Crippen molar-refractivity contribution in [2.45, 2.75) is 24.8 Å². The maximum absolute atomic E-state index is 12.6. The van der Waals surface area contributed by atoms with Gasteiger partial charge in [0.15, 0.2) is 6.61 Å². The van der Waals surface area contributed by atoms with E-state index in [0.29, 0.717) is 5.69 Å². The van der Waals surface area contributed by atoms with Crippen molar-refractivity contribution in [3.05, 3.63) is 59.1 Å². The van der Waals surface area contributed by atoms with E-state index < -0.39 is 28.5 Å². The number of nitrogens with zero attached hydrogens (tertiary/aromatic N) is 2. The lowest BCUT2D eigenvalue weighted by Crippen LogP contribution is -2.39. The van der Waals surface area contributed by atoms with E-state index in [0.717, 1.165) is 10.4 Å². The van der Waals surface area contributed by atoms with Gasteiger partial charge in [0, 0.05) is 25.8 Å². The molecule has 0 unspecified atom stereocenters. The summed E-state index contributed by atoms with van der Waals surface area (Å²) in [7, 11) is -1.12. The minimum absolute atomic E-state index is 0.0126. The van der Waals surface area contributed by atoms with Crippen LogP contribution in [0.25, 0.3) is 0 Å². The van der Waals surface area contributed by atoms with Gasteiger partial charge in [0.1, 0.15) is 4.90 Å². The summed E-state index contributed by atoms with van der Waals surface area (Å²) >= 11 is 5.98. The summed E-state index contributed by atoms with van der Waals surface area (Å²) in [5.74, 6) is -1.21. The molecular formula is C20H23ClN2O5S. The van der Waals surface area contributed by atoms with Crippen LogP contribution in [-0.4, -0.2) is 51.3 Å². The first kappa shape index (κ1) is 22.9. The molecule has 0 heterocycles. The summed E-state index contributed by atoms with van der Waals surface area (Å²) in [4.78, 5) is 26.3. The lowest BCUT2D eigenvalue weighted by molar-refractivity contribution is -0.122. The van der Waals surface area contributed by atoms with E-state index in [1.54, 1.807) is 12.1 Å². The van der Waals surface area contributed by atoms with Gasteiger partial charge >= 0.3 is 5.97 Å². The van der Waals surface area contributed by atoms with Gasteiger partial charge in [-0.2, -0.15) is 0 Å². The number of hydrogen-bond acceptors (Lipinski definition) is 5. The van der Waals surface area contributed by atoms with Gasteiger partial charge in [-0.1, -0.05) is 29.8 Å². The molecule has 0 radical (unpaired) electrons. The summed E-state index contributed by atoms with van der Waals surface area (Å²) in [5, 5.41) is -0.0126. The summed E-state index contributed by atoms with van der Waals surface area (Å²) in [6.07, 6.45) is 0. The number of sulfonamides is 1. The fourth-order valence-electron chi connectivity index (χ4n) is 2.62. The van der Waals surface area contributed by atoms with Crippen LogP contribution in [0.1, 0.15) is 24.2 Å². The van der Waals surface area contributed by atoms with Gasteiger partial charge in [0.2, 0.25) is 10.0 Å². The summed E-state index contributed by atoms with van der Waals surface area (Å²) in [6.45, 7) is 3.22. The van der Waals surface area contributed by atoms with E-state index in [-0.39, 0.29) is 21.5 Å². The standard InChI is InChI=1S/C20H23ClN2O5S/c1-14(2)23(16-8-6-5-7-9-16)19(24)13-28-20(25)15-10-11-17(21)18(12-15)29(26,27)22(3)4/h5-12,14H,13H2,1-4H3. The molecule has 0 atom stereocenters. The van der Waals surface area contributed by atoms with E-state index >= 15 is 0 Å². The highest BCUT2D eigenvalue weighted by molar-refractivity contribution is 7.89. The van der Waals surface area contributed by atoms with Crippen LogP contribution >= 0.6 is 11.6 Å². The van der Waals surface area contributed by atoms with Gasteiger partial charge in [-0.05, 0) is 44.2 Å². The minimum atomic E-state index is -3.84.